The largest absolute Gasteiger partial charge is 0.499 e. The molecule has 5 nitrogen and oxygen atoms in total. The van der Waals surface area contributed by atoms with Gasteiger partial charge in [-0.25, -0.2) is 0 Å². The van der Waals surface area contributed by atoms with Gasteiger partial charge < -0.3 is 13.9 Å². The summed E-state index contributed by atoms with van der Waals surface area (Å²) in [6, 6.07) is 11.6. The van der Waals surface area contributed by atoms with Crippen LogP contribution in [0.2, 0.25) is 0 Å². The Morgan fingerprint density at radius 2 is 1.87 bits per heavy atom. The number of allylic oxidation sites excluding steroid dienone is 4. The Balaban J connectivity index is 1.69. The van der Waals surface area contributed by atoms with Gasteiger partial charge >= 0.3 is 0 Å². The van der Waals surface area contributed by atoms with Crippen molar-refractivity contribution in [2.75, 3.05) is 14.2 Å². The van der Waals surface area contributed by atoms with Crippen LogP contribution in [0, 0.1) is 10.8 Å². The van der Waals surface area contributed by atoms with Crippen molar-refractivity contribution < 1.29 is 13.9 Å². The summed E-state index contributed by atoms with van der Waals surface area (Å²) in [5, 5.41) is 16.8. The third kappa shape index (κ3) is 5.51. The van der Waals surface area contributed by atoms with Gasteiger partial charge in [0.2, 0.25) is 0 Å². The molecule has 0 radical (unpaired) electrons. The molecule has 7 heteroatoms. The van der Waals surface area contributed by atoms with Gasteiger partial charge in [0, 0.05) is 24.3 Å². The molecule has 0 saturated carbocycles. The van der Waals surface area contributed by atoms with Crippen LogP contribution in [0.5, 0.6) is 0 Å². The lowest BCUT2D eigenvalue weighted by molar-refractivity contribution is 0.246. The maximum absolute atomic E-state index is 8.03. The molecule has 162 valence electrons. The summed E-state index contributed by atoms with van der Waals surface area (Å²) < 4.78 is 16.9. The van der Waals surface area contributed by atoms with Crippen molar-refractivity contribution in [2.24, 2.45) is 0 Å². The second kappa shape index (κ2) is 10.1. The van der Waals surface area contributed by atoms with Gasteiger partial charge in [0.1, 0.15) is 33.1 Å². The van der Waals surface area contributed by atoms with Crippen molar-refractivity contribution >= 4 is 39.0 Å². The van der Waals surface area contributed by atoms with Crippen LogP contribution in [0.25, 0.3) is 5.57 Å². The Hall–Kier alpha value is -2.70. The first kappa shape index (κ1) is 23.0. The number of hydrogen-bond acceptors (Lipinski definition) is 6. The predicted molar refractivity (Wildman–Crippen MR) is 128 cm³/mol. The average Bonchev–Trinajstić information content (AvgIpc) is 3.24. The average molecular weight is 457 g/mol. The van der Waals surface area contributed by atoms with Crippen LogP contribution >= 0.6 is 23.4 Å². The summed E-state index contributed by atoms with van der Waals surface area (Å²) in [4.78, 5) is 0. The highest BCUT2D eigenvalue weighted by Crippen LogP contribution is 2.38. The Labute approximate surface area is 191 Å². The molecule has 0 aliphatic heterocycles. The first-order chi connectivity index (χ1) is 14.8. The minimum Gasteiger partial charge on any atom is -0.499 e. The number of hydrogen-bond donors (Lipinski definition) is 2. The zero-order valence-corrected chi connectivity index (χ0v) is 19.3. The molecule has 2 N–H and O–H groups in total. The van der Waals surface area contributed by atoms with Gasteiger partial charge in [0.05, 0.1) is 19.3 Å². The van der Waals surface area contributed by atoms with E-state index in [0.29, 0.717) is 39.5 Å². The first-order valence-electron chi connectivity index (χ1n) is 9.70. The van der Waals surface area contributed by atoms with E-state index in [4.69, 9.17) is 36.3 Å². The van der Waals surface area contributed by atoms with E-state index in [1.165, 1.54) is 0 Å². The molecule has 0 amide bonds. The Bertz CT molecular complexity index is 1070. The van der Waals surface area contributed by atoms with Crippen LogP contribution in [0.4, 0.5) is 0 Å². The zero-order valence-electron chi connectivity index (χ0n) is 17.8. The molecule has 2 aromatic rings. The van der Waals surface area contributed by atoms with E-state index in [2.05, 4.69) is 6.58 Å². The summed E-state index contributed by atoms with van der Waals surface area (Å²) in [5.41, 5.74) is 2.74. The summed E-state index contributed by atoms with van der Waals surface area (Å²) in [6.07, 6.45) is 3.18. The third-order valence-corrected chi connectivity index (χ3v) is 6.06. The van der Waals surface area contributed by atoms with Crippen molar-refractivity contribution in [2.45, 2.75) is 25.7 Å². The number of ether oxygens (including phenoxy) is 2. The van der Waals surface area contributed by atoms with Crippen molar-refractivity contribution in [1.82, 2.24) is 0 Å². The molecule has 1 atom stereocenters. The highest BCUT2D eigenvalue weighted by atomic mass is 35.5. The van der Waals surface area contributed by atoms with Crippen LogP contribution in [-0.4, -0.2) is 24.3 Å². The lowest BCUT2D eigenvalue weighted by Crippen LogP contribution is -2.08. The summed E-state index contributed by atoms with van der Waals surface area (Å²) >= 11 is 7.44. The van der Waals surface area contributed by atoms with Gasteiger partial charge in [-0.15, -0.1) is 0 Å². The first-order valence-corrected chi connectivity index (χ1v) is 10.9. The molecular formula is C24H25ClN2O3S. The lowest BCUT2D eigenvalue weighted by atomic mass is 9.96. The van der Waals surface area contributed by atoms with Gasteiger partial charge in [-0.1, -0.05) is 54.2 Å². The molecule has 1 unspecified atom stereocenters. The summed E-state index contributed by atoms with van der Waals surface area (Å²) in [6.45, 7) is 5.86. The van der Waals surface area contributed by atoms with E-state index in [9.17, 15) is 0 Å². The second-order valence-corrected chi connectivity index (χ2v) is 8.76. The fourth-order valence-corrected chi connectivity index (χ4v) is 4.17. The molecule has 1 aliphatic rings. The molecule has 0 spiro atoms. The maximum atomic E-state index is 8.03. The normalized spacial score (nSPS) is 16.0. The monoisotopic (exact) mass is 456 g/mol. The van der Waals surface area contributed by atoms with Crippen LogP contribution < -0.4 is 0 Å². The molecule has 1 aromatic carbocycles. The molecular weight excluding hydrogens is 432 g/mol. The minimum absolute atomic E-state index is 0.0333. The predicted octanol–water partition coefficient (Wildman–Crippen LogP) is 6.71. The van der Waals surface area contributed by atoms with Gasteiger partial charge in [0.15, 0.2) is 0 Å². The molecule has 0 fully saturated rings. The Kier molecular flexibility index (Phi) is 7.46. The van der Waals surface area contributed by atoms with Crippen molar-refractivity contribution in [1.29, 1.82) is 10.8 Å². The molecule has 0 bridgehead atoms. The lowest BCUT2D eigenvalue weighted by Gasteiger charge is -2.21. The Morgan fingerprint density at radius 3 is 2.48 bits per heavy atom. The highest BCUT2D eigenvalue weighted by molar-refractivity contribution is 8.26. The van der Waals surface area contributed by atoms with Gasteiger partial charge in [-0.3, -0.25) is 10.8 Å². The van der Waals surface area contributed by atoms with Crippen molar-refractivity contribution in [3.63, 3.8) is 0 Å². The topological polar surface area (TPSA) is 79.3 Å². The number of methoxy groups -OCH3 is 2. The fraction of sp³-hybridized carbons (Fsp3) is 0.250. The Morgan fingerprint density at radius 1 is 1.16 bits per heavy atom. The summed E-state index contributed by atoms with van der Waals surface area (Å²) in [5.74, 6) is 2.74. The number of thioether (sulfide) groups is 1. The molecule has 1 aliphatic carbocycles. The van der Waals surface area contributed by atoms with Gasteiger partial charge in [-0.2, -0.15) is 0 Å². The molecule has 3 rings (SSSR count). The molecule has 0 saturated heterocycles. The number of nitrogens with one attached hydrogen (secondary N) is 2. The van der Waals surface area contributed by atoms with Crippen molar-refractivity contribution in [3.8, 4) is 0 Å². The quantitative estimate of drug-likeness (QED) is 0.358. The van der Waals surface area contributed by atoms with Crippen LogP contribution in [0.15, 0.2) is 70.0 Å². The number of halogens is 1. The number of benzene rings is 1. The van der Waals surface area contributed by atoms with E-state index in [-0.39, 0.29) is 5.92 Å². The van der Waals surface area contributed by atoms with Gasteiger partial charge in [-0.05, 0) is 36.3 Å². The fourth-order valence-electron chi connectivity index (χ4n) is 3.32. The van der Waals surface area contributed by atoms with Gasteiger partial charge in [0.25, 0.3) is 0 Å². The standard InChI is InChI=1S/C24H25ClN2O3S/c1-14(11-16-5-7-17(8-6-16)24(27)31-15(2)26)19-9-10-20(30-19)18-12-21(28-3)23(25)22(13-18)29-4/h5-10,12,18,26-27H,1,11,13H2,2-4H3. The highest BCUT2D eigenvalue weighted by Gasteiger charge is 2.26. The summed E-state index contributed by atoms with van der Waals surface area (Å²) in [7, 11) is 3.18. The maximum Gasteiger partial charge on any atom is 0.137 e. The minimum atomic E-state index is -0.0333. The SMILES string of the molecule is C=C(Cc1ccc(C(=N)SC(C)=N)cc1)c1ccc(C2C=C(OC)C(Cl)=C(OC)C2)o1. The van der Waals surface area contributed by atoms with E-state index >= 15 is 0 Å². The van der Waals surface area contributed by atoms with Crippen LogP contribution in [-0.2, 0) is 15.9 Å². The van der Waals surface area contributed by atoms with Crippen LogP contribution in [0.1, 0.15) is 41.9 Å². The van der Waals surface area contributed by atoms with E-state index in [0.717, 1.165) is 40.0 Å². The van der Waals surface area contributed by atoms with Crippen LogP contribution in [0.3, 0.4) is 0 Å². The van der Waals surface area contributed by atoms with E-state index in [1.807, 2.05) is 42.5 Å². The zero-order chi connectivity index (χ0) is 22.5. The van der Waals surface area contributed by atoms with E-state index < -0.39 is 0 Å². The number of furan rings is 1. The molecule has 1 heterocycles. The number of rotatable bonds is 7. The third-order valence-electron chi connectivity index (χ3n) is 4.91. The van der Waals surface area contributed by atoms with Crippen molar-refractivity contribution in [3.05, 3.63) is 88.3 Å². The smallest absolute Gasteiger partial charge is 0.137 e. The molecule has 1 aromatic heterocycles. The molecule has 31 heavy (non-hydrogen) atoms. The van der Waals surface area contributed by atoms with E-state index in [1.54, 1.807) is 21.1 Å². The second-order valence-electron chi connectivity index (χ2n) is 7.15.